The van der Waals surface area contributed by atoms with E-state index in [0.29, 0.717) is 5.92 Å². The first-order valence-electron chi connectivity index (χ1n) is 6.45. The van der Waals surface area contributed by atoms with E-state index in [-0.39, 0.29) is 0 Å². The smallest absolute Gasteiger partial charge is 0.137 e. The highest BCUT2D eigenvalue weighted by Gasteiger charge is 2.14. The molecule has 3 rings (SSSR count). The second-order valence-electron chi connectivity index (χ2n) is 4.68. The summed E-state index contributed by atoms with van der Waals surface area (Å²) in [4.78, 5) is 8.60. The lowest BCUT2D eigenvalue weighted by atomic mass is 10.0. The number of para-hydroxylation sites is 1. The zero-order valence-electron chi connectivity index (χ0n) is 10.3. The van der Waals surface area contributed by atoms with Crippen molar-refractivity contribution < 1.29 is 4.74 Å². The average Bonchev–Trinajstić information content (AvgIpc) is 2.46. The molecule has 2 heterocycles. The second-order valence-corrected chi connectivity index (χ2v) is 4.68. The minimum atomic E-state index is 0.687. The molecule has 0 atom stereocenters. The Balaban J connectivity index is 1.74. The predicted molar refractivity (Wildman–Crippen MR) is 71.6 cm³/mol. The summed E-state index contributed by atoms with van der Waals surface area (Å²) >= 11 is 0. The number of ether oxygens (including phenoxy) is 1. The van der Waals surface area contributed by atoms with Crippen LogP contribution in [0.25, 0.3) is 10.9 Å². The third-order valence-electron chi connectivity index (χ3n) is 3.44. The second kappa shape index (κ2) is 5.31. The molecule has 0 radical (unpaired) electrons. The maximum atomic E-state index is 5.37. The number of aromatic nitrogens is 2. The van der Waals surface area contributed by atoms with E-state index in [1.165, 1.54) is 0 Å². The Kier molecular flexibility index (Phi) is 3.37. The molecule has 1 aromatic carbocycles. The summed E-state index contributed by atoms with van der Waals surface area (Å²) in [5.41, 5.74) is 0.988. The van der Waals surface area contributed by atoms with E-state index in [2.05, 4.69) is 21.4 Å². The number of nitrogens with one attached hydrogen (secondary N) is 1. The van der Waals surface area contributed by atoms with Crippen LogP contribution in [0.5, 0.6) is 0 Å². The van der Waals surface area contributed by atoms with Gasteiger partial charge in [0, 0.05) is 25.1 Å². The lowest BCUT2D eigenvalue weighted by Gasteiger charge is -2.22. The Hall–Kier alpha value is -1.68. The van der Waals surface area contributed by atoms with Crippen LogP contribution in [0.15, 0.2) is 30.6 Å². The summed E-state index contributed by atoms with van der Waals surface area (Å²) in [5, 5.41) is 4.54. The van der Waals surface area contributed by atoms with Crippen LogP contribution >= 0.6 is 0 Å². The van der Waals surface area contributed by atoms with E-state index < -0.39 is 0 Å². The van der Waals surface area contributed by atoms with Gasteiger partial charge in [-0.15, -0.1) is 0 Å². The lowest BCUT2D eigenvalue weighted by Crippen LogP contribution is -2.23. The molecule has 2 aromatic rings. The van der Waals surface area contributed by atoms with Gasteiger partial charge in [0.25, 0.3) is 0 Å². The van der Waals surface area contributed by atoms with Gasteiger partial charge in [-0.1, -0.05) is 12.1 Å². The van der Waals surface area contributed by atoms with Gasteiger partial charge in [-0.05, 0) is 30.9 Å². The van der Waals surface area contributed by atoms with Crippen LogP contribution in [0.2, 0.25) is 0 Å². The van der Waals surface area contributed by atoms with Crippen molar-refractivity contribution >= 4 is 16.7 Å². The molecular formula is C14H17N3O. The Bertz CT molecular complexity index is 518. The van der Waals surface area contributed by atoms with Crippen LogP contribution in [0.1, 0.15) is 12.8 Å². The fourth-order valence-electron chi connectivity index (χ4n) is 2.34. The molecular weight excluding hydrogens is 226 g/mol. The van der Waals surface area contributed by atoms with Gasteiger partial charge in [0.1, 0.15) is 12.1 Å². The molecule has 0 saturated carbocycles. The van der Waals surface area contributed by atoms with Crippen molar-refractivity contribution in [1.29, 1.82) is 0 Å². The van der Waals surface area contributed by atoms with E-state index in [1.807, 2.05) is 18.2 Å². The topological polar surface area (TPSA) is 47.0 Å². The van der Waals surface area contributed by atoms with Crippen molar-refractivity contribution in [2.24, 2.45) is 5.92 Å². The molecule has 18 heavy (non-hydrogen) atoms. The molecule has 1 aliphatic heterocycles. The molecule has 4 nitrogen and oxygen atoms in total. The normalized spacial score (nSPS) is 16.9. The summed E-state index contributed by atoms with van der Waals surface area (Å²) in [6.45, 7) is 2.73. The highest BCUT2D eigenvalue weighted by Crippen LogP contribution is 2.20. The summed E-state index contributed by atoms with van der Waals surface area (Å²) in [6, 6.07) is 8.08. The van der Waals surface area contributed by atoms with E-state index in [4.69, 9.17) is 4.74 Å². The Labute approximate surface area is 106 Å². The molecule has 1 aliphatic rings. The van der Waals surface area contributed by atoms with Gasteiger partial charge in [0.15, 0.2) is 0 Å². The molecule has 1 fully saturated rings. The summed E-state index contributed by atoms with van der Waals surface area (Å²) < 4.78 is 5.37. The molecule has 0 aliphatic carbocycles. The van der Waals surface area contributed by atoms with Crippen molar-refractivity contribution in [1.82, 2.24) is 9.97 Å². The van der Waals surface area contributed by atoms with Gasteiger partial charge in [0.05, 0.1) is 5.52 Å². The molecule has 0 unspecified atom stereocenters. The summed E-state index contributed by atoms with van der Waals surface area (Å²) in [7, 11) is 0. The third-order valence-corrected chi connectivity index (χ3v) is 3.44. The van der Waals surface area contributed by atoms with Crippen molar-refractivity contribution in [2.45, 2.75) is 12.8 Å². The van der Waals surface area contributed by atoms with Crippen molar-refractivity contribution in [3.8, 4) is 0 Å². The van der Waals surface area contributed by atoms with Crippen molar-refractivity contribution in [3.63, 3.8) is 0 Å². The standard InChI is InChI=1S/C14H17N3O/c1-2-4-13-12(3-1)14(17-10-16-13)15-9-11-5-7-18-8-6-11/h1-4,10-11H,5-9H2,(H,15,16,17). The van der Waals surface area contributed by atoms with Crippen LogP contribution in [-0.2, 0) is 4.74 Å². The first kappa shape index (κ1) is 11.4. The number of hydrogen-bond acceptors (Lipinski definition) is 4. The number of rotatable bonds is 3. The Morgan fingerprint density at radius 3 is 2.89 bits per heavy atom. The number of hydrogen-bond donors (Lipinski definition) is 1. The van der Waals surface area contributed by atoms with E-state index in [1.54, 1.807) is 6.33 Å². The van der Waals surface area contributed by atoms with Crippen LogP contribution < -0.4 is 5.32 Å². The number of benzene rings is 1. The number of anilines is 1. The quantitative estimate of drug-likeness (QED) is 0.899. The molecule has 94 valence electrons. The molecule has 1 saturated heterocycles. The fraction of sp³-hybridized carbons (Fsp3) is 0.429. The minimum absolute atomic E-state index is 0.687. The van der Waals surface area contributed by atoms with Crippen LogP contribution in [0.3, 0.4) is 0 Å². The molecule has 4 heteroatoms. The first-order valence-corrected chi connectivity index (χ1v) is 6.45. The maximum Gasteiger partial charge on any atom is 0.137 e. The lowest BCUT2D eigenvalue weighted by molar-refractivity contribution is 0.0699. The summed E-state index contributed by atoms with van der Waals surface area (Å²) in [5.74, 6) is 1.62. The highest BCUT2D eigenvalue weighted by molar-refractivity contribution is 5.88. The fourth-order valence-corrected chi connectivity index (χ4v) is 2.34. The monoisotopic (exact) mass is 243 g/mol. The average molecular weight is 243 g/mol. The number of nitrogens with zero attached hydrogens (tertiary/aromatic N) is 2. The summed E-state index contributed by atoms with van der Waals surface area (Å²) in [6.07, 6.45) is 3.89. The van der Waals surface area contributed by atoms with Gasteiger partial charge < -0.3 is 10.1 Å². The first-order chi connectivity index (χ1) is 8.93. The van der Waals surface area contributed by atoms with Crippen molar-refractivity contribution in [3.05, 3.63) is 30.6 Å². The van der Waals surface area contributed by atoms with Crippen molar-refractivity contribution in [2.75, 3.05) is 25.1 Å². The van der Waals surface area contributed by atoms with Crippen LogP contribution in [0.4, 0.5) is 5.82 Å². The van der Waals surface area contributed by atoms with E-state index in [0.717, 1.165) is 49.3 Å². The van der Waals surface area contributed by atoms with Gasteiger partial charge >= 0.3 is 0 Å². The third kappa shape index (κ3) is 2.43. The van der Waals surface area contributed by atoms with Crippen LogP contribution in [0, 0.1) is 5.92 Å². The minimum Gasteiger partial charge on any atom is -0.381 e. The van der Waals surface area contributed by atoms with Gasteiger partial charge in [0.2, 0.25) is 0 Å². The zero-order valence-corrected chi connectivity index (χ0v) is 10.3. The largest absolute Gasteiger partial charge is 0.381 e. The Morgan fingerprint density at radius 1 is 1.17 bits per heavy atom. The van der Waals surface area contributed by atoms with E-state index in [9.17, 15) is 0 Å². The van der Waals surface area contributed by atoms with Crippen LogP contribution in [-0.4, -0.2) is 29.7 Å². The Morgan fingerprint density at radius 2 is 2.00 bits per heavy atom. The van der Waals surface area contributed by atoms with Gasteiger partial charge in [-0.25, -0.2) is 9.97 Å². The predicted octanol–water partition coefficient (Wildman–Crippen LogP) is 2.47. The number of fused-ring (bicyclic) bond motifs is 1. The molecule has 0 bridgehead atoms. The maximum absolute atomic E-state index is 5.37. The van der Waals surface area contributed by atoms with E-state index >= 15 is 0 Å². The van der Waals surface area contributed by atoms with Gasteiger partial charge in [-0.3, -0.25) is 0 Å². The molecule has 1 aromatic heterocycles. The van der Waals surface area contributed by atoms with Gasteiger partial charge in [-0.2, -0.15) is 0 Å². The molecule has 0 amide bonds. The SMILES string of the molecule is c1ccc2c(NCC3CCOCC3)ncnc2c1. The zero-order chi connectivity index (χ0) is 12.2. The highest BCUT2D eigenvalue weighted by atomic mass is 16.5. The molecule has 1 N–H and O–H groups in total. The molecule has 0 spiro atoms.